The Bertz CT molecular complexity index is 934. The van der Waals surface area contributed by atoms with Crippen LogP contribution in [0.15, 0.2) is 41.3 Å². The molecule has 2 aromatic carbocycles. The van der Waals surface area contributed by atoms with Crippen molar-refractivity contribution in [2.24, 2.45) is 0 Å². The van der Waals surface area contributed by atoms with Gasteiger partial charge in [-0.15, -0.1) is 0 Å². The van der Waals surface area contributed by atoms with Crippen LogP contribution in [0.2, 0.25) is 0 Å². The molecule has 7 heteroatoms. The molecule has 25 heavy (non-hydrogen) atoms. The summed E-state index contributed by atoms with van der Waals surface area (Å²) in [7, 11) is -4.03. The first kappa shape index (κ1) is 17.3. The molecule has 0 unspecified atom stereocenters. The fourth-order valence-electron chi connectivity index (χ4n) is 2.55. The van der Waals surface area contributed by atoms with Crippen LogP contribution in [-0.2, 0) is 14.9 Å². The van der Waals surface area contributed by atoms with Crippen LogP contribution in [0, 0.1) is 6.92 Å². The monoisotopic (exact) mass is 361 g/mol. The first-order valence-corrected chi connectivity index (χ1v) is 9.28. The molecule has 0 radical (unpaired) electrons. The summed E-state index contributed by atoms with van der Waals surface area (Å²) in [5.41, 5.74) is 2.23. The van der Waals surface area contributed by atoms with Crippen LogP contribution < -0.4 is 14.2 Å². The molecule has 6 nitrogen and oxygen atoms in total. The normalized spacial score (nSPS) is 13.8. The fraction of sp³-hybridized carbons (Fsp3) is 0.278. The number of carbonyl (C=O) groups excluding carboxylic acids is 1. The highest BCUT2D eigenvalue weighted by Gasteiger charge is 2.22. The highest BCUT2D eigenvalue weighted by atomic mass is 32.2. The zero-order valence-corrected chi connectivity index (χ0v) is 15.0. The minimum atomic E-state index is -4.03. The highest BCUT2D eigenvalue weighted by molar-refractivity contribution is 7.87. The van der Waals surface area contributed by atoms with Gasteiger partial charge in [-0.25, -0.2) is 0 Å². The van der Waals surface area contributed by atoms with Gasteiger partial charge in [0.15, 0.2) is 6.61 Å². The minimum Gasteiger partial charge on any atom is -0.482 e. The van der Waals surface area contributed by atoms with Gasteiger partial charge in [0.1, 0.15) is 16.4 Å². The Kier molecular flexibility index (Phi) is 4.43. The van der Waals surface area contributed by atoms with E-state index in [2.05, 4.69) is 5.32 Å². The van der Waals surface area contributed by atoms with E-state index in [9.17, 15) is 13.2 Å². The maximum Gasteiger partial charge on any atom is 0.339 e. The molecule has 0 aliphatic carbocycles. The summed E-state index contributed by atoms with van der Waals surface area (Å²) >= 11 is 0. The molecular formula is C18H19NO5S. The number of rotatable bonds is 4. The molecule has 0 fully saturated rings. The van der Waals surface area contributed by atoms with Crippen molar-refractivity contribution in [1.29, 1.82) is 0 Å². The number of benzene rings is 2. The molecule has 0 atom stereocenters. The van der Waals surface area contributed by atoms with E-state index < -0.39 is 10.1 Å². The Labute approximate surface area is 146 Å². The molecule has 132 valence electrons. The van der Waals surface area contributed by atoms with Crippen LogP contribution in [0.4, 0.5) is 5.69 Å². The van der Waals surface area contributed by atoms with Gasteiger partial charge in [-0.2, -0.15) is 8.42 Å². The third-order valence-corrected chi connectivity index (χ3v) is 5.06. The molecule has 0 aromatic heterocycles. The number of aryl methyl sites for hydroxylation is 1. The lowest BCUT2D eigenvalue weighted by Gasteiger charge is -2.18. The van der Waals surface area contributed by atoms with Crippen LogP contribution >= 0.6 is 0 Å². The van der Waals surface area contributed by atoms with Crippen LogP contribution in [-0.4, -0.2) is 20.9 Å². The topological polar surface area (TPSA) is 81.7 Å². The average molecular weight is 361 g/mol. The number of hydrogen-bond acceptors (Lipinski definition) is 5. The Hall–Kier alpha value is -2.54. The van der Waals surface area contributed by atoms with E-state index in [1.165, 1.54) is 18.2 Å². The van der Waals surface area contributed by atoms with E-state index in [0.717, 1.165) is 11.1 Å². The molecule has 0 saturated heterocycles. The quantitative estimate of drug-likeness (QED) is 0.846. The number of ether oxygens (including phenoxy) is 1. The maximum absolute atomic E-state index is 12.6. The van der Waals surface area contributed by atoms with Crippen molar-refractivity contribution < 1.29 is 22.1 Å². The van der Waals surface area contributed by atoms with Crippen molar-refractivity contribution in [2.75, 3.05) is 11.9 Å². The van der Waals surface area contributed by atoms with Crippen molar-refractivity contribution >= 4 is 21.7 Å². The molecule has 0 bridgehead atoms. The highest BCUT2D eigenvalue weighted by Crippen LogP contribution is 2.31. The maximum atomic E-state index is 12.6. The lowest BCUT2D eigenvalue weighted by Crippen LogP contribution is -2.25. The van der Waals surface area contributed by atoms with Crippen LogP contribution in [0.5, 0.6) is 11.5 Å². The van der Waals surface area contributed by atoms with Gasteiger partial charge < -0.3 is 14.2 Å². The molecule has 2 aromatic rings. The van der Waals surface area contributed by atoms with Crippen molar-refractivity contribution in [2.45, 2.75) is 31.6 Å². The Morgan fingerprint density at radius 2 is 1.92 bits per heavy atom. The van der Waals surface area contributed by atoms with Crippen molar-refractivity contribution in [1.82, 2.24) is 0 Å². The third kappa shape index (κ3) is 3.76. The van der Waals surface area contributed by atoms with Crippen LogP contribution in [0.25, 0.3) is 0 Å². The third-order valence-electron chi connectivity index (χ3n) is 3.82. The first-order valence-electron chi connectivity index (χ1n) is 7.87. The lowest BCUT2D eigenvalue weighted by molar-refractivity contribution is -0.118. The first-order chi connectivity index (χ1) is 11.7. The molecule has 1 amide bonds. The molecule has 1 aliphatic heterocycles. The average Bonchev–Trinajstić information content (AvgIpc) is 2.53. The second kappa shape index (κ2) is 6.40. The molecular weight excluding hydrogens is 342 g/mol. The minimum absolute atomic E-state index is 0.0512. The van der Waals surface area contributed by atoms with Gasteiger partial charge in [0.25, 0.3) is 5.91 Å². The van der Waals surface area contributed by atoms with Gasteiger partial charge in [0.2, 0.25) is 0 Å². The fourth-order valence-corrected chi connectivity index (χ4v) is 3.49. The summed E-state index contributed by atoms with van der Waals surface area (Å²) in [6, 6.07) is 9.62. The van der Waals surface area contributed by atoms with Crippen molar-refractivity contribution in [3.63, 3.8) is 0 Å². The predicted molar refractivity (Wildman–Crippen MR) is 93.6 cm³/mol. The number of fused-ring (bicyclic) bond motifs is 1. The second-order valence-corrected chi connectivity index (χ2v) is 7.81. The SMILES string of the molecule is Cc1cc(OS(=O)(=O)c2ccc3c(c2)NC(=O)CO3)cc(C(C)C)c1. The second-order valence-electron chi connectivity index (χ2n) is 6.27. The van der Waals surface area contributed by atoms with Gasteiger partial charge in [-0.05, 0) is 54.3 Å². The zero-order valence-electron chi connectivity index (χ0n) is 14.2. The molecule has 1 aliphatic rings. The van der Waals surface area contributed by atoms with Crippen molar-refractivity contribution in [3.8, 4) is 11.5 Å². The standard InChI is InChI=1S/C18H19NO5S/c1-11(2)13-6-12(3)7-14(8-13)24-25(21,22)15-4-5-17-16(9-15)19-18(20)10-23-17/h4-9,11H,10H2,1-3H3,(H,19,20). The van der Waals surface area contributed by atoms with Gasteiger partial charge in [0.05, 0.1) is 5.69 Å². The molecule has 3 rings (SSSR count). The summed E-state index contributed by atoms with van der Waals surface area (Å²) in [6.07, 6.45) is 0. The molecule has 1 heterocycles. The number of nitrogens with one attached hydrogen (secondary N) is 1. The number of carbonyl (C=O) groups is 1. The largest absolute Gasteiger partial charge is 0.482 e. The van der Waals surface area contributed by atoms with Crippen LogP contribution in [0.3, 0.4) is 0 Å². The van der Waals surface area contributed by atoms with E-state index in [0.29, 0.717) is 11.4 Å². The van der Waals surface area contributed by atoms with E-state index >= 15 is 0 Å². The van der Waals surface area contributed by atoms with Gasteiger partial charge in [-0.1, -0.05) is 19.9 Å². The summed E-state index contributed by atoms with van der Waals surface area (Å²) in [5, 5.41) is 2.59. The Morgan fingerprint density at radius 3 is 2.64 bits per heavy atom. The Balaban J connectivity index is 1.93. The van der Waals surface area contributed by atoms with Gasteiger partial charge in [0, 0.05) is 0 Å². The molecule has 1 N–H and O–H groups in total. The van der Waals surface area contributed by atoms with E-state index in [1.807, 2.05) is 26.8 Å². The van der Waals surface area contributed by atoms with Crippen LogP contribution in [0.1, 0.15) is 30.9 Å². The van der Waals surface area contributed by atoms with Gasteiger partial charge in [-0.3, -0.25) is 4.79 Å². The zero-order chi connectivity index (χ0) is 18.2. The number of hydrogen-bond donors (Lipinski definition) is 1. The summed E-state index contributed by atoms with van der Waals surface area (Å²) in [6.45, 7) is 5.85. The Morgan fingerprint density at radius 1 is 1.16 bits per heavy atom. The smallest absolute Gasteiger partial charge is 0.339 e. The number of amides is 1. The van der Waals surface area contributed by atoms with Gasteiger partial charge >= 0.3 is 10.1 Å². The van der Waals surface area contributed by atoms with E-state index in [1.54, 1.807) is 12.1 Å². The van der Waals surface area contributed by atoms with E-state index in [-0.39, 0.29) is 29.1 Å². The number of anilines is 1. The summed E-state index contributed by atoms with van der Waals surface area (Å²) in [4.78, 5) is 11.3. The summed E-state index contributed by atoms with van der Waals surface area (Å²) < 4.78 is 35.7. The molecule has 0 saturated carbocycles. The van der Waals surface area contributed by atoms with Crippen molar-refractivity contribution in [3.05, 3.63) is 47.5 Å². The predicted octanol–water partition coefficient (Wildman–Crippen LogP) is 3.22. The van der Waals surface area contributed by atoms with E-state index in [4.69, 9.17) is 8.92 Å². The summed E-state index contributed by atoms with van der Waals surface area (Å²) in [5.74, 6) is 0.613. The molecule has 0 spiro atoms. The lowest BCUT2D eigenvalue weighted by atomic mass is 10.0.